The van der Waals surface area contributed by atoms with Crippen LogP contribution >= 0.6 is 24.0 Å². The van der Waals surface area contributed by atoms with Gasteiger partial charge in [0.05, 0.1) is 12.8 Å². The van der Waals surface area contributed by atoms with Crippen molar-refractivity contribution in [3.8, 4) is 0 Å². The van der Waals surface area contributed by atoms with Gasteiger partial charge in [-0.1, -0.05) is 30.3 Å². The van der Waals surface area contributed by atoms with Crippen LogP contribution < -0.4 is 16.4 Å². The summed E-state index contributed by atoms with van der Waals surface area (Å²) in [6.07, 6.45) is 2.41. The van der Waals surface area contributed by atoms with E-state index in [1.807, 2.05) is 18.2 Å². The van der Waals surface area contributed by atoms with Crippen LogP contribution in [0.25, 0.3) is 0 Å². The van der Waals surface area contributed by atoms with Gasteiger partial charge in [0, 0.05) is 6.54 Å². The Balaban J connectivity index is 0.00000264. The summed E-state index contributed by atoms with van der Waals surface area (Å²) in [7, 11) is 0. The van der Waals surface area contributed by atoms with E-state index in [-0.39, 0.29) is 42.4 Å². The molecule has 4 N–H and O–H groups in total. The van der Waals surface area contributed by atoms with E-state index >= 15 is 0 Å². The number of nitrogens with zero attached hydrogens (tertiary/aromatic N) is 1. The lowest BCUT2D eigenvalue weighted by molar-refractivity contribution is -0.119. The Morgan fingerprint density at radius 3 is 2.61 bits per heavy atom. The standard InChI is InChI=1S/C16H20N4O2.HI/c17-16(18-9-8-13-5-2-1-3-6-13)20-12-15(21)19-11-14-7-4-10-22-14;/h1-7,10H,8-9,11-12H2,(H,19,21)(H3,17,18,20);1H. The van der Waals surface area contributed by atoms with Crippen LogP contribution in [0.1, 0.15) is 11.3 Å². The number of guanidine groups is 1. The summed E-state index contributed by atoms with van der Waals surface area (Å²) < 4.78 is 5.12. The highest BCUT2D eigenvalue weighted by atomic mass is 127. The van der Waals surface area contributed by atoms with Crippen molar-refractivity contribution in [2.24, 2.45) is 10.7 Å². The van der Waals surface area contributed by atoms with Crippen LogP contribution in [0.2, 0.25) is 0 Å². The Labute approximate surface area is 152 Å². The number of rotatable bonds is 7. The fraction of sp³-hybridized carbons (Fsp3) is 0.250. The minimum absolute atomic E-state index is 0. The van der Waals surface area contributed by atoms with Gasteiger partial charge in [0.15, 0.2) is 5.96 Å². The highest BCUT2D eigenvalue weighted by Gasteiger charge is 2.02. The topological polar surface area (TPSA) is 92.6 Å². The number of furan rings is 1. The maximum atomic E-state index is 11.6. The van der Waals surface area contributed by atoms with Gasteiger partial charge >= 0.3 is 0 Å². The van der Waals surface area contributed by atoms with E-state index in [2.05, 4.69) is 27.8 Å². The molecule has 6 nitrogen and oxygen atoms in total. The average molecular weight is 428 g/mol. The minimum Gasteiger partial charge on any atom is -0.467 e. The molecule has 0 atom stereocenters. The molecule has 2 aromatic rings. The van der Waals surface area contributed by atoms with Gasteiger partial charge in [0.2, 0.25) is 5.91 Å². The summed E-state index contributed by atoms with van der Waals surface area (Å²) in [5.41, 5.74) is 6.94. The maximum Gasteiger partial charge on any atom is 0.242 e. The molecule has 23 heavy (non-hydrogen) atoms. The molecule has 124 valence electrons. The predicted octanol–water partition coefficient (Wildman–Crippen LogP) is 1.66. The van der Waals surface area contributed by atoms with Crippen LogP contribution in [0.15, 0.2) is 58.1 Å². The normalized spacial score (nSPS) is 10.7. The molecule has 0 unspecified atom stereocenters. The molecule has 0 aliphatic carbocycles. The summed E-state index contributed by atoms with van der Waals surface area (Å²) in [5, 5.41) is 5.68. The summed E-state index contributed by atoms with van der Waals surface area (Å²) in [6.45, 7) is 1.01. The van der Waals surface area contributed by atoms with Gasteiger partial charge in [-0.3, -0.25) is 4.79 Å². The summed E-state index contributed by atoms with van der Waals surface area (Å²) in [5.74, 6) is 0.763. The fourth-order valence-electron chi connectivity index (χ4n) is 1.85. The van der Waals surface area contributed by atoms with Crippen molar-refractivity contribution >= 4 is 35.8 Å². The SMILES string of the molecule is I.NC(=NCC(=O)NCc1ccco1)NCCc1ccccc1. The zero-order chi connectivity index (χ0) is 15.6. The largest absolute Gasteiger partial charge is 0.467 e. The molecule has 1 aromatic heterocycles. The second kappa shape index (κ2) is 10.7. The van der Waals surface area contributed by atoms with Crippen molar-refractivity contribution in [1.82, 2.24) is 10.6 Å². The van der Waals surface area contributed by atoms with Crippen molar-refractivity contribution in [2.75, 3.05) is 13.1 Å². The smallest absolute Gasteiger partial charge is 0.242 e. The first kappa shape index (κ1) is 19.0. The molecule has 1 aromatic carbocycles. The number of halogens is 1. The van der Waals surface area contributed by atoms with Crippen LogP contribution in [-0.2, 0) is 17.8 Å². The third-order valence-electron chi connectivity index (χ3n) is 3.00. The Morgan fingerprint density at radius 1 is 1.13 bits per heavy atom. The summed E-state index contributed by atoms with van der Waals surface area (Å²) >= 11 is 0. The van der Waals surface area contributed by atoms with Crippen molar-refractivity contribution in [1.29, 1.82) is 0 Å². The summed E-state index contributed by atoms with van der Waals surface area (Å²) in [6, 6.07) is 13.6. The Morgan fingerprint density at radius 2 is 1.91 bits per heavy atom. The zero-order valence-electron chi connectivity index (χ0n) is 12.7. The summed E-state index contributed by atoms with van der Waals surface area (Å²) in [4.78, 5) is 15.6. The first-order valence-electron chi connectivity index (χ1n) is 7.11. The van der Waals surface area contributed by atoms with Gasteiger partial charge in [-0.25, -0.2) is 4.99 Å². The van der Waals surface area contributed by atoms with Crippen LogP contribution in [-0.4, -0.2) is 25.0 Å². The lowest BCUT2D eigenvalue weighted by atomic mass is 10.1. The van der Waals surface area contributed by atoms with E-state index in [0.717, 1.165) is 6.42 Å². The number of nitrogens with one attached hydrogen (secondary N) is 2. The molecule has 0 aliphatic rings. The molecule has 0 saturated carbocycles. The number of aliphatic imine (C=N–C) groups is 1. The van der Waals surface area contributed by atoms with Gasteiger partial charge in [-0.15, -0.1) is 24.0 Å². The molecular weight excluding hydrogens is 407 g/mol. The first-order chi connectivity index (χ1) is 10.7. The third kappa shape index (κ3) is 7.68. The minimum atomic E-state index is -0.204. The lowest BCUT2D eigenvalue weighted by Gasteiger charge is -2.06. The fourth-order valence-corrected chi connectivity index (χ4v) is 1.85. The molecule has 2 rings (SSSR count). The molecule has 0 bridgehead atoms. The van der Waals surface area contributed by atoms with Crippen LogP contribution in [0.4, 0.5) is 0 Å². The molecular formula is C16H21IN4O2. The Hall–Kier alpha value is -2.03. The molecule has 1 amide bonds. The highest BCUT2D eigenvalue weighted by molar-refractivity contribution is 14.0. The lowest BCUT2D eigenvalue weighted by Crippen LogP contribution is -2.35. The van der Waals surface area contributed by atoms with Gasteiger partial charge < -0.3 is 20.8 Å². The number of hydrogen-bond donors (Lipinski definition) is 3. The van der Waals surface area contributed by atoms with E-state index in [1.54, 1.807) is 18.4 Å². The van der Waals surface area contributed by atoms with Crippen LogP contribution in [0.5, 0.6) is 0 Å². The first-order valence-corrected chi connectivity index (χ1v) is 7.11. The predicted molar refractivity (Wildman–Crippen MR) is 101 cm³/mol. The molecule has 0 spiro atoms. The molecule has 0 saturated heterocycles. The van der Waals surface area contributed by atoms with E-state index in [1.165, 1.54) is 5.56 Å². The van der Waals surface area contributed by atoms with E-state index < -0.39 is 0 Å². The number of carbonyl (C=O) groups is 1. The molecule has 0 radical (unpaired) electrons. The maximum absolute atomic E-state index is 11.6. The van der Waals surface area contributed by atoms with E-state index in [9.17, 15) is 4.79 Å². The number of amides is 1. The van der Waals surface area contributed by atoms with Crippen LogP contribution in [0.3, 0.4) is 0 Å². The molecule has 0 fully saturated rings. The number of nitrogens with two attached hydrogens (primary N) is 1. The van der Waals surface area contributed by atoms with Gasteiger partial charge in [0.25, 0.3) is 0 Å². The van der Waals surface area contributed by atoms with Crippen molar-refractivity contribution in [3.05, 3.63) is 60.1 Å². The van der Waals surface area contributed by atoms with E-state index in [0.29, 0.717) is 18.8 Å². The Bertz CT molecular complexity index is 600. The second-order valence-corrected chi connectivity index (χ2v) is 4.72. The number of benzene rings is 1. The van der Waals surface area contributed by atoms with Crippen molar-refractivity contribution in [2.45, 2.75) is 13.0 Å². The number of carbonyl (C=O) groups excluding carboxylic acids is 1. The third-order valence-corrected chi connectivity index (χ3v) is 3.00. The monoisotopic (exact) mass is 428 g/mol. The molecule has 7 heteroatoms. The van der Waals surface area contributed by atoms with Crippen molar-refractivity contribution in [3.63, 3.8) is 0 Å². The van der Waals surface area contributed by atoms with Gasteiger partial charge in [0.1, 0.15) is 12.3 Å². The van der Waals surface area contributed by atoms with Gasteiger partial charge in [-0.05, 0) is 24.1 Å². The second-order valence-electron chi connectivity index (χ2n) is 4.72. The Kier molecular flexibility index (Phi) is 8.81. The average Bonchev–Trinajstić information content (AvgIpc) is 3.05. The zero-order valence-corrected chi connectivity index (χ0v) is 15.0. The van der Waals surface area contributed by atoms with Gasteiger partial charge in [-0.2, -0.15) is 0 Å². The molecule has 0 aliphatic heterocycles. The highest BCUT2D eigenvalue weighted by Crippen LogP contribution is 1.98. The van der Waals surface area contributed by atoms with Crippen LogP contribution in [0, 0.1) is 0 Å². The van der Waals surface area contributed by atoms with Crippen molar-refractivity contribution < 1.29 is 9.21 Å². The van der Waals surface area contributed by atoms with E-state index in [4.69, 9.17) is 10.2 Å². The number of hydrogen-bond acceptors (Lipinski definition) is 3. The quantitative estimate of drug-likeness (QED) is 0.355. The molecule has 1 heterocycles.